The minimum absolute atomic E-state index is 0.0252. The van der Waals surface area contributed by atoms with E-state index in [-0.39, 0.29) is 16.2 Å². The second-order valence-electron chi connectivity index (χ2n) is 33.1. The van der Waals surface area contributed by atoms with E-state index in [2.05, 4.69) is 384 Å². The van der Waals surface area contributed by atoms with Gasteiger partial charge in [-0.1, -0.05) is 244 Å². The molecule has 0 fully saturated rings. The fourth-order valence-corrected chi connectivity index (χ4v) is 20.0. The fourth-order valence-electron chi connectivity index (χ4n) is 17.5. The van der Waals surface area contributed by atoms with Gasteiger partial charge in [0.05, 0.1) is 32.9 Å². The van der Waals surface area contributed by atoms with E-state index >= 15 is 0 Å². The zero-order valence-electron chi connectivity index (χ0n) is 63.5. The van der Waals surface area contributed by atoms with Gasteiger partial charge in [0, 0.05) is 91.2 Å². The van der Waals surface area contributed by atoms with E-state index in [0.29, 0.717) is 0 Å². The van der Waals surface area contributed by atoms with Crippen LogP contribution in [0.3, 0.4) is 0 Å². The molecule has 1 aliphatic carbocycles. The molecular weight excluding hydrogens is 1350 g/mol. The van der Waals surface area contributed by atoms with E-state index in [1.165, 1.54) is 84.9 Å². The molecule has 528 valence electrons. The second-order valence-corrected chi connectivity index (χ2v) is 35.2. The summed E-state index contributed by atoms with van der Waals surface area (Å²) in [6, 6.07) is 106. The first-order valence-electron chi connectivity index (χ1n) is 37.9. The highest BCUT2D eigenvalue weighted by Gasteiger charge is 2.50. The van der Waals surface area contributed by atoms with Gasteiger partial charge in [-0.2, -0.15) is 0 Å². The molecule has 0 amide bonds. The number of fused-ring (bicyclic) bond motifs is 17. The van der Waals surface area contributed by atoms with Crippen molar-refractivity contribution in [1.29, 1.82) is 0 Å². The molecule has 7 heteroatoms. The van der Waals surface area contributed by atoms with E-state index in [9.17, 15) is 0 Å². The van der Waals surface area contributed by atoms with Gasteiger partial charge in [-0.3, -0.25) is 0 Å². The lowest BCUT2D eigenvalue weighted by Gasteiger charge is -2.37. The van der Waals surface area contributed by atoms with Gasteiger partial charge in [0.25, 0.3) is 0 Å². The maximum absolute atomic E-state index is 7.34. The average Bonchev–Trinajstić information content (AvgIpc) is 1.50. The Morgan fingerprint density at radius 2 is 0.657 bits per heavy atom. The standard InChI is InChI=1S/C101H85N3O2S2/c1-60-24-18-28-72(56-60)103(82-36-22-34-76-74-32-20-26-62(3)92(74)105-94(76)82)84-58-81-91(97-88(84)78-30-14-16-38-86(78)108-97)90-80(59-85(96-89(90)79-31-15-17-39-87(79)107-96)104(73-29-19-25-61(2)57-73)83-37-23-35-77-75-33-21-27-63(4)93(75)106-95(77)83)101(81,67-42-40-64(41-43-67)98(5,6)7)68-48-54-71(55-49-68)102(69-50-44-65(45-51-69)99(8,9)10)70-52-46-66(47-53-70)100(11,12)13/h14-59H,1-13H3. The smallest absolute Gasteiger partial charge is 0.159 e. The Morgan fingerprint density at radius 1 is 0.287 bits per heavy atom. The highest BCUT2D eigenvalue weighted by molar-refractivity contribution is 7.27. The van der Waals surface area contributed by atoms with Crippen LogP contribution in [0.4, 0.5) is 51.2 Å². The Morgan fingerprint density at radius 3 is 1.13 bits per heavy atom. The summed E-state index contributed by atoms with van der Waals surface area (Å²) in [6.07, 6.45) is 0. The van der Waals surface area contributed by atoms with Gasteiger partial charge in [0.2, 0.25) is 0 Å². The summed E-state index contributed by atoms with van der Waals surface area (Å²) in [5.41, 5.74) is 27.2. The summed E-state index contributed by atoms with van der Waals surface area (Å²) in [4.78, 5) is 7.52. The maximum Gasteiger partial charge on any atom is 0.159 e. The number of rotatable bonds is 11. The third kappa shape index (κ3) is 10.5. The van der Waals surface area contributed by atoms with Crippen LogP contribution in [-0.4, -0.2) is 0 Å². The fraction of sp³-hybridized carbons (Fsp3) is 0.168. The minimum Gasteiger partial charge on any atom is -0.454 e. The number of nitrogens with zero attached hydrogens (tertiary/aromatic N) is 3. The Hall–Kier alpha value is -11.5. The monoisotopic (exact) mass is 1440 g/mol. The largest absolute Gasteiger partial charge is 0.454 e. The third-order valence-corrected chi connectivity index (χ3v) is 25.3. The van der Waals surface area contributed by atoms with Crippen molar-refractivity contribution in [3.05, 3.63) is 340 Å². The SMILES string of the molecule is Cc1cccc(N(c2cccc3c2oc2c(C)cccc23)c2cc3c(c4c2sc2ccccc24)-c2c(cc(N(c4cccc(C)c4)c4cccc5c4oc4c(C)cccc45)c4c2sc2ccccc24)C3(c2ccc(N(c3ccc(C(C)(C)C)cc3)c3ccc(C(C)(C)C)cc3)cc2)c2ccc(C(C)(C)C)cc2)c1. The van der Waals surface area contributed by atoms with Gasteiger partial charge in [-0.25, -0.2) is 0 Å². The summed E-state index contributed by atoms with van der Waals surface area (Å²) >= 11 is 3.81. The minimum atomic E-state index is -1.03. The van der Waals surface area contributed by atoms with Crippen LogP contribution >= 0.6 is 22.7 Å². The van der Waals surface area contributed by atoms with Crippen molar-refractivity contribution < 1.29 is 8.83 Å². The molecule has 1 aliphatic rings. The lowest BCUT2D eigenvalue weighted by molar-refractivity contribution is 0.589. The lowest BCUT2D eigenvalue weighted by atomic mass is 9.67. The lowest BCUT2D eigenvalue weighted by Crippen LogP contribution is -2.29. The number of hydrogen-bond acceptors (Lipinski definition) is 7. The Labute approximate surface area is 640 Å². The molecule has 5 nitrogen and oxygen atoms in total. The van der Waals surface area contributed by atoms with Gasteiger partial charge in [0.15, 0.2) is 11.2 Å². The zero-order valence-corrected chi connectivity index (χ0v) is 65.2. The Balaban J connectivity index is 0.996. The number of thiophene rings is 2. The summed E-state index contributed by atoms with van der Waals surface area (Å²) in [5, 5.41) is 9.20. The highest BCUT2D eigenvalue weighted by atomic mass is 32.1. The molecule has 4 aromatic heterocycles. The second kappa shape index (κ2) is 24.8. The first-order valence-corrected chi connectivity index (χ1v) is 39.5. The molecule has 0 saturated carbocycles. The molecule has 0 spiro atoms. The predicted molar refractivity (Wildman–Crippen MR) is 463 cm³/mol. The van der Waals surface area contributed by atoms with Crippen LogP contribution in [0.5, 0.6) is 0 Å². The van der Waals surface area contributed by atoms with Gasteiger partial charge in [0.1, 0.15) is 11.2 Å². The molecule has 0 radical (unpaired) electrons. The van der Waals surface area contributed by atoms with Gasteiger partial charge in [-0.05, 0) is 208 Å². The van der Waals surface area contributed by atoms with Crippen molar-refractivity contribution in [3.8, 4) is 11.1 Å². The average molecular weight is 1440 g/mol. The molecule has 14 aromatic carbocycles. The molecule has 108 heavy (non-hydrogen) atoms. The van der Waals surface area contributed by atoms with Crippen molar-refractivity contribution in [3.63, 3.8) is 0 Å². The molecule has 0 saturated heterocycles. The van der Waals surface area contributed by atoms with Crippen molar-refractivity contribution in [2.75, 3.05) is 14.7 Å². The molecule has 0 N–H and O–H groups in total. The Bertz CT molecular complexity index is 6610. The quantitative estimate of drug-likeness (QED) is 0.129. The van der Waals surface area contributed by atoms with Crippen molar-refractivity contribution in [2.24, 2.45) is 0 Å². The number of para-hydroxylation sites is 4. The summed E-state index contributed by atoms with van der Waals surface area (Å²) in [5.74, 6) is 0. The topological polar surface area (TPSA) is 36.0 Å². The molecule has 0 bridgehead atoms. The van der Waals surface area contributed by atoms with Crippen molar-refractivity contribution in [2.45, 2.75) is 112 Å². The van der Waals surface area contributed by atoms with Crippen molar-refractivity contribution in [1.82, 2.24) is 0 Å². The summed E-state index contributed by atoms with van der Waals surface area (Å²) in [6.45, 7) is 29.5. The van der Waals surface area contributed by atoms with Crippen LogP contribution in [0.2, 0.25) is 0 Å². The first kappa shape index (κ1) is 67.1. The summed E-state index contributed by atoms with van der Waals surface area (Å²) < 4.78 is 19.5. The van der Waals surface area contributed by atoms with Gasteiger partial charge < -0.3 is 23.5 Å². The summed E-state index contributed by atoms with van der Waals surface area (Å²) in [7, 11) is 0. The number of anilines is 9. The molecule has 18 aromatic rings. The molecule has 1 atom stereocenters. The highest BCUT2D eigenvalue weighted by Crippen LogP contribution is 2.66. The van der Waals surface area contributed by atoms with Crippen LogP contribution < -0.4 is 14.7 Å². The van der Waals surface area contributed by atoms with Crippen LogP contribution in [0.1, 0.15) is 124 Å². The van der Waals surface area contributed by atoms with E-state index in [1.807, 2.05) is 22.7 Å². The van der Waals surface area contributed by atoms with E-state index < -0.39 is 5.41 Å². The normalized spacial score (nSPS) is 14.0. The number of aryl methyl sites for hydroxylation is 4. The molecule has 1 unspecified atom stereocenters. The van der Waals surface area contributed by atoms with E-state index in [1.54, 1.807) is 0 Å². The zero-order chi connectivity index (χ0) is 74.0. The number of benzene rings is 14. The van der Waals surface area contributed by atoms with Gasteiger partial charge in [-0.15, -0.1) is 22.7 Å². The van der Waals surface area contributed by atoms with Crippen molar-refractivity contribution >= 4 is 158 Å². The number of hydrogen-bond donors (Lipinski definition) is 0. The van der Waals surface area contributed by atoms with E-state index in [4.69, 9.17) is 8.83 Å². The van der Waals surface area contributed by atoms with E-state index in [0.717, 1.165) is 123 Å². The first-order chi connectivity index (χ1) is 52.1. The molecule has 0 aliphatic heterocycles. The number of furan rings is 2. The van der Waals surface area contributed by atoms with Gasteiger partial charge >= 0.3 is 0 Å². The molecular formula is C101H85N3O2S2. The third-order valence-electron chi connectivity index (χ3n) is 22.9. The van der Waals surface area contributed by atoms with Crippen LogP contribution in [-0.2, 0) is 21.7 Å². The van der Waals surface area contributed by atoms with Crippen LogP contribution in [0.25, 0.3) is 95.3 Å². The molecule has 19 rings (SSSR count). The maximum atomic E-state index is 7.34. The Kier molecular flexibility index (Phi) is 15.4. The predicted octanol–water partition coefficient (Wildman–Crippen LogP) is 30.1. The van der Waals surface area contributed by atoms with Crippen LogP contribution in [0.15, 0.2) is 288 Å². The molecule has 4 heterocycles. The van der Waals surface area contributed by atoms with Crippen LogP contribution in [0, 0.1) is 27.7 Å².